The van der Waals surface area contributed by atoms with Gasteiger partial charge in [-0.05, 0) is 6.07 Å². The summed E-state index contributed by atoms with van der Waals surface area (Å²) in [5, 5.41) is 3.32. The largest absolute Gasteiger partial charge is 0.468 e. The van der Waals surface area contributed by atoms with Crippen molar-refractivity contribution in [2.24, 2.45) is 0 Å². The van der Waals surface area contributed by atoms with Gasteiger partial charge in [0, 0.05) is 30.9 Å². The summed E-state index contributed by atoms with van der Waals surface area (Å²) in [7, 11) is 4.49. The van der Waals surface area contributed by atoms with Gasteiger partial charge in [-0.1, -0.05) is 0 Å². The number of carbonyl (C=O) groups is 1. The average molecular weight is 295 g/mol. The van der Waals surface area contributed by atoms with Crippen molar-refractivity contribution < 1.29 is 18.3 Å². The molecule has 1 aromatic carbocycles. The van der Waals surface area contributed by atoms with Crippen molar-refractivity contribution in [1.29, 1.82) is 0 Å². The fourth-order valence-electron chi connectivity index (χ4n) is 2.11. The molecular weight excluding hydrogens is 280 g/mol. The van der Waals surface area contributed by atoms with Crippen LogP contribution >= 0.6 is 0 Å². The number of pyridine rings is 1. The van der Waals surface area contributed by atoms with Gasteiger partial charge in [0.1, 0.15) is 24.0 Å². The van der Waals surface area contributed by atoms with E-state index in [0.29, 0.717) is 11.5 Å². The number of ether oxygens (including phenoxy) is 1. The highest BCUT2D eigenvalue weighted by atomic mass is 19.1. The summed E-state index contributed by atoms with van der Waals surface area (Å²) in [6, 6.07) is 2.00. The summed E-state index contributed by atoms with van der Waals surface area (Å²) >= 11 is 0. The van der Waals surface area contributed by atoms with E-state index in [1.165, 1.54) is 24.3 Å². The Kier molecular flexibility index (Phi) is 4.21. The van der Waals surface area contributed by atoms with E-state index in [0.717, 1.165) is 6.07 Å². The number of likely N-dealkylation sites (N-methyl/N-ethyl adjacent to an activating group) is 1. The molecule has 0 bridgehead atoms. The number of hydrogen-bond acceptors (Lipinski definition) is 5. The Bertz CT molecular complexity index is 691. The minimum atomic E-state index is -0.706. The molecule has 0 unspecified atom stereocenters. The van der Waals surface area contributed by atoms with Crippen LogP contribution in [0.1, 0.15) is 0 Å². The number of anilines is 2. The normalized spacial score (nSPS) is 10.5. The number of aromatic nitrogens is 1. The van der Waals surface area contributed by atoms with E-state index in [9.17, 15) is 13.6 Å². The first-order chi connectivity index (χ1) is 9.97. The van der Waals surface area contributed by atoms with Gasteiger partial charge in [0.15, 0.2) is 0 Å². The zero-order chi connectivity index (χ0) is 15.6. The molecule has 1 aromatic heterocycles. The monoisotopic (exact) mass is 295 g/mol. The molecule has 2 aromatic rings. The molecule has 0 radical (unpaired) electrons. The number of nitrogens with zero attached hydrogens (tertiary/aromatic N) is 2. The Labute approximate surface area is 120 Å². The molecule has 0 atom stereocenters. The van der Waals surface area contributed by atoms with Crippen molar-refractivity contribution in [2.75, 3.05) is 38.0 Å². The topological polar surface area (TPSA) is 54.5 Å². The van der Waals surface area contributed by atoms with Crippen LogP contribution in [0.2, 0.25) is 0 Å². The fourth-order valence-corrected chi connectivity index (χ4v) is 2.11. The second kappa shape index (κ2) is 5.90. The lowest BCUT2D eigenvalue weighted by Gasteiger charge is -2.20. The highest BCUT2D eigenvalue weighted by molar-refractivity contribution is 6.01. The summed E-state index contributed by atoms with van der Waals surface area (Å²) < 4.78 is 32.1. The zero-order valence-corrected chi connectivity index (χ0v) is 11.9. The van der Waals surface area contributed by atoms with Crippen LogP contribution < -0.4 is 10.2 Å². The van der Waals surface area contributed by atoms with Gasteiger partial charge in [-0.3, -0.25) is 4.79 Å². The van der Waals surface area contributed by atoms with Gasteiger partial charge in [-0.25, -0.2) is 13.8 Å². The first kappa shape index (κ1) is 15.0. The van der Waals surface area contributed by atoms with Gasteiger partial charge in [0.2, 0.25) is 0 Å². The smallest absolute Gasteiger partial charge is 0.325 e. The molecule has 0 fully saturated rings. The number of nitrogens with one attached hydrogen (secondary N) is 1. The maximum Gasteiger partial charge on any atom is 0.325 e. The van der Waals surface area contributed by atoms with E-state index in [1.807, 2.05) is 0 Å². The van der Waals surface area contributed by atoms with Crippen LogP contribution in [0.4, 0.5) is 20.3 Å². The summed E-state index contributed by atoms with van der Waals surface area (Å²) in [5.41, 5.74) is 0.442. The van der Waals surface area contributed by atoms with Crippen molar-refractivity contribution in [2.45, 2.75) is 0 Å². The van der Waals surface area contributed by atoms with Gasteiger partial charge in [-0.2, -0.15) is 0 Å². The Morgan fingerprint density at radius 2 is 2.14 bits per heavy atom. The predicted octanol–water partition coefficient (Wildman–Crippen LogP) is 2.16. The SMILES string of the molecule is CNc1cnc(N(C)CC(=O)OC)c2cc(F)cc(F)c12. The van der Waals surface area contributed by atoms with E-state index in [-0.39, 0.29) is 17.3 Å². The van der Waals surface area contributed by atoms with Crippen molar-refractivity contribution in [3.05, 3.63) is 30.0 Å². The number of fused-ring (bicyclic) bond motifs is 1. The highest BCUT2D eigenvalue weighted by Crippen LogP contribution is 2.32. The van der Waals surface area contributed by atoms with Crippen LogP contribution in [0.3, 0.4) is 0 Å². The third kappa shape index (κ3) is 2.86. The van der Waals surface area contributed by atoms with Crippen molar-refractivity contribution in [3.8, 4) is 0 Å². The van der Waals surface area contributed by atoms with Gasteiger partial charge in [0.25, 0.3) is 0 Å². The van der Waals surface area contributed by atoms with Crippen molar-refractivity contribution in [3.63, 3.8) is 0 Å². The molecule has 21 heavy (non-hydrogen) atoms. The lowest BCUT2D eigenvalue weighted by atomic mass is 10.1. The van der Waals surface area contributed by atoms with Crippen LogP contribution in [0, 0.1) is 11.6 Å². The van der Waals surface area contributed by atoms with Crippen LogP contribution in [0.5, 0.6) is 0 Å². The molecule has 0 aliphatic heterocycles. The van der Waals surface area contributed by atoms with Crippen molar-refractivity contribution in [1.82, 2.24) is 4.98 Å². The highest BCUT2D eigenvalue weighted by Gasteiger charge is 2.17. The minimum absolute atomic E-state index is 0.0738. The molecule has 5 nitrogen and oxygen atoms in total. The lowest BCUT2D eigenvalue weighted by Crippen LogP contribution is -2.27. The standard InChI is InChI=1S/C14H15F2N3O2/c1-17-11-6-18-14(19(2)7-12(20)21-3)9-4-8(15)5-10(16)13(9)11/h4-6,17H,7H2,1-3H3. The van der Waals surface area contributed by atoms with E-state index in [2.05, 4.69) is 15.0 Å². The van der Waals surface area contributed by atoms with Crippen LogP contribution in [0.15, 0.2) is 18.3 Å². The molecular formula is C14H15F2N3O2. The quantitative estimate of drug-likeness (QED) is 0.876. The van der Waals surface area contributed by atoms with Crippen LogP contribution in [-0.2, 0) is 9.53 Å². The lowest BCUT2D eigenvalue weighted by molar-refractivity contribution is -0.138. The molecule has 112 valence electrons. The predicted molar refractivity (Wildman–Crippen MR) is 76.5 cm³/mol. The average Bonchev–Trinajstić information content (AvgIpc) is 2.45. The maximum absolute atomic E-state index is 14.0. The molecule has 0 aliphatic carbocycles. The van der Waals surface area contributed by atoms with Crippen LogP contribution in [0.25, 0.3) is 10.8 Å². The Morgan fingerprint density at radius 1 is 1.43 bits per heavy atom. The first-order valence-corrected chi connectivity index (χ1v) is 6.21. The fraction of sp³-hybridized carbons (Fsp3) is 0.286. The summed E-state index contributed by atoms with van der Waals surface area (Å²) in [5.74, 6) is -1.57. The number of methoxy groups -OCH3 is 1. The maximum atomic E-state index is 14.0. The van der Waals surface area contributed by atoms with Crippen molar-refractivity contribution >= 4 is 28.2 Å². The molecule has 0 saturated heterocycles. The number of hydrogen-bond donors (Lipinski definition) is 1. The third-order valence-electron chi connectivity index (χ3n) is 3.11. The summed E-state index contributed by atoms with van der Waals surface area (Å²) in [6.45, 7) is -0.0738. The molecule has 2 rings (SSSR count). The first-order valence-electron chi connectivity index (χ1n) is 6.21. The summed E-state index contributed by atoms with van der Waals surface area (Å²) in [6.07, 6.45) is 1.44. The summed E-state index contributed by atoms with van der Waals surface area (Å²) in [4.78, 5) is 17.0. The molecule has 1 N–H and O–H groups in total. The Morgan fingerprint density at radius 3 is 2.76 bits per heavy atom. The molecule has 0 spiro atoms. The molecule has 7 heteroatoms. The van der Waals surface area contributed by atoms with E-state index >= 15 is 0 Å². The van der Waals surface area contributed by atoms with Crippen LogP contribution in [-0.4, -0.2) is 38.7 Å². The number of rotatable bonds is 4. The zero-order valence-electron chi connectivity index (χ0n) is 11.9. The molecule has 0 aliphatic rings. The number of carbonyl (C=O) groups excluding carboxylic acids is 1. The second-order valence-electron chi connectivity index (χ2n) is 4.49. The molecule has 0 amide bonds. The van der Waals surface area contributed by atoms with E-state index in [4.69, 9.17) is 0 Å². The number of esters is 1. The minimum Gasteiger partial charge on any atom is -0.468 e. The van der Waals surface area contributed by atoms with Gasteiger partial charge in [-0.15, -0.1) is 0 Å². The van der Waals surface area contributed by atoms with E-state index in [1.54, 1.807) is 14.1 Å². The Hall–Kier alpha value is -2.44. The van der Waals surface area contributed by atoms with E-state index < -0.39 is 17.6 Å². The second-order valence-corrected chi connectivity index (χ2v) is 4.49. The van der Waals surface area contributed by atoms with Gasteiger partial charge < -0.3 is 15.0 Å². The number of benzene rings is 1. The van der Waals surface area contributed by atoms with Gasteiger partial charge >= 0.3 is 5.97 Å². The molecule has 1 heterocycles. The molecule has 0 saturated carbocycles. The Balaban J connectivity index is 2.62. The number of halogens is 2. The van der Waals surface area contributed by atoms with Gasteiger partial charge in [0.05, 0.1) is 19.0 Å². The third-order valence-corrected chi connectivity index (χ3v) is 3.11.